The molecule has 2 saturated heterocycles. The van der Waals surface area contributed by atoms with Crippen molar-refractivity contribution in [3.63, 3.8) is 0 Å². The van der Waals surface area contributed by atoms with Crippen molar-refractivity contribution in [1.82, 2.24) is 34.6 Å². The van der Waals surface area contributed by atoms with Crippen LogP contribution in [0.2, 0.25) is 0 Å². The highest BCUT2D eigenvalue weighted by atomic mass is 15.3. The van der Waals surface area contributed by atoms with Crippen molar-refractivity contribution in [2.45, 2.75) is 59.4 Å². The summed E-state index contributed by atoms with van der Waals surface area (Å²) in [5.41, 5.74) is 8.37. The van der Waals surface area contributed by atoms with Gasteiger partial charge in [-0.05, 0) is 69.6 Å². The van der Waals surface area contributed by atoms with Crippen molar-refractivity contribution in [2.75, 3.05) is 101 Å². The monoisotopic (exact) mass is 566 g/mol. The maximum atomic E-state index is 6.05. The van der Waals surface area contributed by atoms with Gasteiger partial charge in [0.1, 0.15) is 0 Å². The molecule has 2 aromatic rings. The highest BCUT2D eigenvalue weighted by Crippen LogP contribution is 2.21. The van der Waals surface area contributed by atoms with Gasteiger partial charge < -0.3 is 30.7 Å². The number of nitrogen functional groups attached to an aromatic ring is 1. The zero-order chi connectivity index (χ0) is 29.0. The van der Waals surface area contributed by atoms with Crippen LogP contribution in [0.5, 0.6) is 0 Å². The van der Waals surface area contributed by atoms with Crippen LogP contribution in [-0.4, -0.2) is 126 Å². The molecular formula is C31H54N10. The number of hydrogen-bond acceptors (Lipinski definition) is 10. The molecule has 1 unspecified atom stereocenters. The zero-order valence-electron chi connectivity index (χ0n) is 26.1. The van der Waals surface area contributed by atoms with E-state index >= 15 is 0 Å². The molecule has 2 fully saturated rings. The molecule has 0 spiro atoms. The van der Waals surface area contributed by atoms with Crippen molar-refractivity contribution in [3.05, 3.63) is 29.8 Å². The van der Waals surface area contributed by atoms with Gasteiger partial charge in [0.15, 0.2) is 0 Å². The van der Waals surface area contributed by atoms with Crippen LogP contribution in [0.1, 0.15) is 52.5 Å². The summed E-state index contributed by atoms with van der Waals surface area (Å²) in [6.07, 6.45) is 4.62. The first-order valence-corrected chi connectivity index (χ1v) is 16.0. The summed E-state index contributed by atoms with van der Waals surface area (Å²) in [6, 6.07) is 9.24. The fourth-order valence-corrected chi connectivity index (χ4v) is 6.07. The summed E-state index contributed by atoms with van der Waals surface area (Å²) in [6.45, 7) is 23.5. The van der Waals surface area contributed by atoms with Gasteiger partial charge in [0.25, 0.3) is 0 Å². The number of rotatable bonds is 9. The average molecular weight is 567 g/mol. The van der Waals surface area contributed by atoms with Crippen LogP contribution in [0.25, 0.3) is 0 Å². The van der Waals surface area contributed by atoms with E-state index < -0.39 is 0 Å². The van der Waals surface area contributed by atoms with Gasteiger partial charge in [0.2, 0.25) is 17.8 Å². The van der Waals surface area contributed by atoms with Gasteiger partial charge in [-0.15, -0.1) is 0 Å². The van der Waals surface area contributed by atoms with Crippen LogP contribution < -0.4 is 16.0 Å². The lowest BCUT2D eigenvalue weighted by Crippen LogP contribution is -2.50. The first-order chi connectivity index (χ1) is 20.0. The Labute approximate surface area is 248 Å². The number of hydrogen-bond donors (Lipinski definition) is 2. The number of nitrogens with two attached hydrogens (primary N) is 1. The summed E-state index contributed by atoms with van der Waals surface area (Å²) >= 11 is 0. The molecule has 1 aromatic heterocycles. The highest BCUT2D eigenvalue weighted by Gasteiger charge is 2.23. The second-order valence-corrected chi connectivity index (χ2v) is 11.4. The molecule has 3 N–H and O–H groups in total. The van der Waals surface area contributed by atoms with E-state index in [0.29, 0.717) is 17.9 Å². The van der Waals surface area contributed by atoms with E-state index in [4.69, 9.17) is 5.73 Å². The number of anilines is 4. The lowest BCUT2D eigenvalue weighted by molar-refractivity contribution is 0.105. The number of likely N-dealkylation sites (N-methyl/N-ethyl adjacent to an activating group) is 4. The molecule has 41 heavy (non-hydrogen) atoms. The van der Waals surface area contributed by atoms with E-state index in [9.17, 15) is 0 Å². The number of nitrogens with one attached hydrogen (secondary N) is 1. The molecule has 2 aliphatic heterocycles. The summed E-state index contributed by atoms with van der Waals surface area (Å²) in [4.78, 5) is 26.2. The first-order valence-electron chi connectivity index (χ1n) is 16.0. The minimum Gasteiger partial charge on any atom is -0.368 e. The fourth-order valence-electron chi connectivity index (χ4n) is 6.07. The molecule has 3 heterocycles. The molecule has 1 aromatic carbocycles. The number of benzene rings is 1. The lowest BCUT2D eigenvalue weighted by Gasteiger charge is -2.38. The van der Waals surface area contributed by atoms with Crippen molar-refractivity contribution in [3.8, 4) is 0 Å². The second kappa shape index (κ2) is 16.2. The van der Waals surface area contributed by atoms with Crippen LogP contribution in [0.15, 0.2) is 24.3 Å². The Kier molecular flexibility index (Phi) is 12.4. The largest absolute Gasteiger partial charge is 0.368 e. The minimum absolute atomic E-state index is 0.256. The maximum absolute atomic E-state index is 6.05. The van der Waals surface area contributed by atoms with Crippen LogP contribution >= 0.6 is 0 Å². The summed E-state index contributed by atoms with van der Waals surface area (Å²) in [5, 5.41) is 3.36. The molecule has 2 aliphatic rings. The third kappa shape index (κ3) is 9.49. The van der Waals surface area contributed by atoms with Gasteiger partial charge in [-0.2, -0.15) is 15.0 Å². The van der Waals surface area contributed by atoms with E-state index in [1.807, 2.05) is 0 Å². The smallest absolute Gasteiger partial charge is 0.233 e. The van der Waals surface area contributed by atoms with Crippen LogP contribution in [-0.2, 0) is 6.42 Å². The Bertz CT molecular complexity index is 1030. The lowest BCUT2D eigenvalue weighted by atomic mass is 10.0. The maximum Gasteiger partial charge on any atom is 0.233 e. The first kappa shape index (κ1) is 31.4. The topological polar surface area (TPSA) is 92.9 Å². The quantitative estimate of drug-likeness (QED) is 0.470. The SMILES string of the molecule is CCN1CCN(CC)CCN(CC)C(Cc2ccc(Nc3nc(N)nc(N4CCCCC4)n3)cc2)CN(CC)CC1. The van der Waals surface area contributed by atoms with E-state index in [1.54, 1.807) is 0 Å². The average Bonchev–Trinajstić information content (AvgIpc) is 2.99. The molecule has 0 radical (unpaired) electrons. The minimum atomic E-state index is 0.256. The molecule has 0 aliphatic carbocycles. The number of nitrogens with zero attached hydrogens (tertiary/aromatic N) is 8. The molecule has 10 heteroatoms. The molecule has 228 valence electrons. The molecule has 0 saturated carbocycles. The Morgan fingerprint density at radius 3 is 1.93 bits per heavy atom. The Morgan fingerprint density at radius 2 is 1.32 bits per heavy atom. The van der Waals surface area contributed by atoms with E-state index in [-0.39, 0.29) is 5.95 Å². The van der Waals surface area contributed by atoms with Gasteiger partial charge in [0.05, 0.1) is 0 Å². The van der Waals surface area contributed by atoms with Gasteiger partial charge in [-0.25, -0.2) is 0 Å². The predicted molar refractivity (Wildman–Crippen MR) is 171 cm³/mol. The molecule has 1 atom stereocenters. The molecule has 10 nitrogen and oxygen atoms in total. The zero-order valence-corrected chi connectivity index (χ0v) is 26.1. The van der Waals surface area contributed by atoms with Crippen LogP contribution in [0, 0.1) is 0 Å². The summed E-state index contributed by atoms with van der Waals surface area (Å²) in [5.74, 6) is 1.43. The standard InChI is InChI=1S/C31H54N10/c1-5-37-18-19-38(6-2)22-23-40(8-4)28(25-39(7-3)21-20-37)24-26-12-14-27(15-13-26)33-30-34-29(32)35-31(36-30)41-16-10-9-11-17-41/h12-15,28H,5-11,16-25H2,1-4H3,(H3,32,33,34,35,36). The van der Waals surface area contributed by atoms with Crippen molar-refractivity contribution in [2.24, 2.45) is 0 Å². The Hall–Kier alpha value is -2.53. The number of aromatic nitrogens is 3. The number of piperidine rings is 1. The fraction of sp³-hybridized carbons (Fsp3) is 0.710. The van der Waals surface area contributed by atoms with Gasteiger partial charge >= 0.3 is 0 Å². The van der Waals surface area contributed by atoms with E-state index in [0.717, 1.165) is 110 Å². The van der Waals surface area contributed by atoms with Crippen molar-refractivity contribution in [1.29, 1.82) is 0 Å². The molecule has 0 amide bonds. The Balaban J connectivity index is 1.45. The summed E-state index contributed by atoms with van der Waals surface area (Å²) in [7, 11) is 0. The predicted octanol–water partition coefficient (Wildman–Crippen LogP) is 3.40. The summed E-state index contributed by atoms with van der Waals surface area (Å²) < 4.78 is 0. The molecule has 4 rings (SSSR count). The molecular weight excluding hydrogens is 512 g/mol. The van der Waals surface area contributed by atoms with Gasteiger partial charge in [-0.1, -0.05) is 39.8 Å². The van der Waals surface area contributed by atoms with E-state index in [1.165, 1.54) is 12.0 Å². The van der Waals surface area contributed by atoms with Crippen molar-refractivity contribution < 1.29 is 0 Å². The normalized spacial score (nSPS) is 21.4. The molecule has 0 bridgehead atoms. The van der Waals surface area contributed by atoms with E-state index in [2.05, 4.69) is 96.7 Å². The Morgan fingerprint density at radius 1 is 0.707 bits per heavy atom. The van der Waals surface area contributed by atoms with Crippen molar-refractivity contribution >= 4 is 23.5 Å². The van der Waals surface area contributed by atoms with Crippen LogP contribution in [0.4, 0.5) is 23.5 Å². The van der Waals surface area contributed by atoms with Gasteiger partial charge in [-0.3, -0.25) is 4.90 Å². The highest BCUT2D eigenvalue weighted by molar-refractivity contribution is 5.56. The van der Waals surface area contributed by atoms with Crippen LogP contribution in [0.3, 0.4) is 0 Å². The third-order valence-corrected chi connectivity index (χ3v) is 8.86. The third-order valence-electron chi connectivity index (χ3n) is 8.86. The second-order valence-electron chi connectivity index (χ2n) is 11.4. The van der Waals surface area contributed by atoms with Gasteiger partial charge in [0, 0.05) is 70.6 Å².